The SMILES string of the molecule is CCOC(=O)CN(c1c(Cl)cccc1Cl)S(=O)(=O)c1ccc(F)cc1. The summed E-state index contributed by atoms with van der Waals surface area (Å²) < 4.78 is 44.6. The Morgan fingerprint density at radius 1 is 1.12 bits per heavy atom. The van der Waals surface area contributed by atoms with Crippen LogP contribution in [0.4, 0.5) is 10.1 Å². The summed E-state index contributed by atoms with van der Waals surface area (Å²) in [4.78, 5) is 11.7. The number of halogens is 3. The molecule has 9 heteroatoms. The van der Waals surface area contributed by atoms with Gasteiger partial charge in [-0.2, -0.15) is 0 Å². The molecule has 0 spiro atoms. The maximum atomic E-state index is 13.1. The number of carbonyl (C=O) groups is 1. The second-order valence-electron chi connectivity index (χ2n) is 4.84. The second-order valence-corrected chi connectivity index (χ2v) is 7.52. The number of hydrogen-bond donors (Lipinski definition) is 0. The van der Waals surface area contributed by atoms with Gasteiger partial charge in [0.2, 0.25) is 0 Å². The summed E-state index contributed by atoms with van der Waals surface area (Å²) in [5.41, 5.74) is -0.0526. The molecule has 2 aromatic carbocycles. The molecular weight excluding hydrogens is 392 g/mol. The highest BCUT2D eigenvalue weighted by Crippen LogP contribution is 2.36. The van der Waals surface area contributed by atoms with Crippen LogP contribution >= 0.6 is 23.2 Å². The highest BCUT2D eigenvalue weighted by molar-refractivity contribution is 7.92. The van der Waals surface area contributed by atoms with Crippen molar-refractivity contribution in [3.05, 3.63) is 58.3 Å². The van der Waals surface area contributed by atoms with E-state index in [-0.39, 0.29) is 27.2 Å². The number of esters is 1. The fourth-order valence-electron chi connectivity index (χ4n) is 2.07. The Morgan fingerprint density at radius 3 is 2.20 bits per heavy atom. The molecule has 0 fully saturated rings. The quantitative estimate of drug-likeness (QED) is 0.683. The first-order valence-electron chi connectivity index (χ1n) is 7.15. The Morgan fingerprint density at radius 2 is 1.68 bits per heavy atom. The number of rotatable bonds is 6. The highest BCUT2D eigenvalue weighted by Gasteiger charge is 2.30. The normalized spacial score (nSPS) is 11.2. The van der Waals surface area contributed by atoms with Crippen molar-refractivity contribution in [2.75, 3.05) is 17.5 Å². The van der Waals surface area contributed by atoms with Crippen LogP contribution in [0.1, 0.15) is 6.92 Å². The minimum absolute atomic E-state index is 0.0440. The number of benzene rings is 2. The summed E-state index contributed by atoms with van der Waals surface area (Å²) in [5, 5.41) is 0.0879. The molecule has 2 rings (SSSR count). The number of ether oxygens (including phenoxy) is 1. The molecule has 0 heterocycles. The zero-order valence-electron chi connectivity index (χ0n) is 13.1. The summed E-state index contributed by atoms with van der Waals surface area (Å²) >= 11 is 12.2. The van der Waals surface area contributed by atoms with Crippen LogP contribution in [-0.2, 0) is 19.6 Å². The van der Waals surface area contributed by atoms with Gasteiger partial charge >= 0.3 is 5.97 Å². The van der Waals surface area contributed by atoms with Gasteiger partial charge in [0.1, 0.15) is 12.4 Å². The van der Waals surface area contributed by atoms with Crippen LogP contribution in [0.25, 0.3) is 0 Å². The van der Waals surface area contributed by atoms with Crippen LogP contribution in [0.3, 0.4) is 0 Å². The van der Waals surface area contributed by atoms with Gasteiger partial charge in [-0.1, -0.05) is 29.3 Å². The second kappa shape index (κ2) is 8.03. The van der Waals surface area contributed by atoms with Crippen LogP contribution < -0.4 is 4.31 Å². The van der Waals surface area contributed by atoms with Gasteiger partial charge in [-0.15, -0.1) is 0 Å². The van der Waals surface area contributed by atoms with E-state index in [1.54, 1.807) is 13.0 Å². The molecular formula is C16H14Cl2FNO4S. The summed E-state index contributed by atoms with van der Waals surface area (Å²) in [6.07, 6.45) is 0. The first-order valence-corrected chi connectivity index (χ1v) is 9.35. The maximum Gasteiger partial charge on any atom is 0.326 e. The van der Waals surface area contributed by atoms with E-state index in [1.165, 1.54) is 12.1 Å². The van der Waals surface area contributed by atoms with E-state index in [2.05, 4.69) is 0 Å². The van der Waals surface area contributed by atoms with Gasteiger partial charge in [-0.3, -0.25) is 9.10 Å². The molecule has 0 atom stereocenters. The number of nitrogens with zero attached hydrogens (tertiary/aromatic N) is 1. The molecule has 0 bridgehead atoms. The molecule has 0 amide bonds. The zero-order chi connectivity index (χ0) is 18.6. The smallest absolute Gasteiger partial charge is 0.326 e. The Labute approximate surface area is 155 Å². The molecule has 0 unspecified atom stereocenters. The lowest BCUT2D eigenvalue weighted by molar-refractivity contribution is -0.141. The molecule has 0 aliphatic carbocycles. The standard InChI is InChI=1S/C16H14Cl2FNO4S/c1-2-24-15(21)10-20(16-13(17)4-3-5-14(16)18)25(22,23)12-8-6-11(19)7-9-12/h3-9H,2,10H2,1H3. The molecule has 5 nitrogen and oxygen atoms in total. The minimum atomic E-state index is -4.23. The Hall–Kier alpha value is -1.83. The molecule has 0 N–H and O–H groups in total. The van der Waals surface area contributed by atoms with Gasteiger partial charge < -0.3 is 4.74 Å². The van der Waals surface area contributed by atoms with Crippen molar-refractivity contribution in [3.63, 3.8) is 0 Å². The average molecular weight is 406 g/mol. The predicted molar refractivity (Wildman–Crippen MR) is 94.0 cm³/mol. The van der Waals surface area contributed by atoms with Gasteiger partial charge in [0, 0.05) is 0 Å². The van der Waals surface area contributed by atoms with Crippen molar-refractivity contribution in [2.45, 2.75) is 11.8 Å². The Kier molecular flexibility index (Phi) is 6.26. The van der Waals surface area contributed by atoms with Gasteiger partial charge in [0.05, 0.1) is 27.2 Å². The molecule has 2 aromatic rings. The summed E-state index contributed by atoms with van der Waals surface area (Å²) in [5.74, 6) is -1.36. The highest BCUT2D eigenvalue weighted by atomic mass is 35.5. The molecule has 0 aromatic heterocycles. The fraction of sp³-hybridized carbons (Fsp3) is 0.188. The summed E-state index contributed by atoms with van der Waals surface area (Å²) in [6.45, 7) is 1.05. The number of carbonyl (C=O) groups excluding carboxylic acids is 1. The zero-order valence-corrected chi connectivity index (χ0v) is 15.4. The number of hydrogen-bond acceptors (Lipinski definition) is 4. The van der Waals surface area contributed by atoms with Crippen molar-refractivity contribution < 1.29 is 22.3 Å². The third-order valence-corrected chi connectivity index (χ3v) is 5.54. The lowest BCUT2D eigenvalue weighted by atomic mass is 10.3. The van der Waals surface area contributed by atoms with Crippen LogP contribution in [0.15, 0.2) is 47.4 Å². The minimum Gasteiger partial charge on any atom is -0.465 e. The monoisotopic (exact) mass is 405 g/mol. The van der Waals surface area contributed by atoms with E-state index in [4.69, 9.17) is 27.9 Å². The van der Waals surface area contributed by atoms with E-state index < -0.39 is 28.4 Å². The Bertz CT molecular complexity index is 852. The van der Waals surface area contributed by atoms with Crippen LogP contribution in [0.2, 0.25) is 10.0 Å². The van der Waals surface area contributed by atoms with Gasteiger partial charge in [0.25, 0.3) is 10.0 Å². The molecule has 0 aliphatic rings. The molecule has 134 valence electrons. The molecule has 0 saturated carbocycles. The number of para-hydroxylation sites is 1. The first-order chi connectivity index (χ1) is 11.8. The van der Waals surface area contributed by atoms with Crippen molar-refractivity contribution in [1.82, 2.24) is 0 Å². The fourth-order valence-corrected chi connectivity index (χ4v) is 4.22. The molecule has 0 radical (unpaired) electrons. The van der Waals surface area contributed by atoms with Crippen LogP contribution in [0.5, 0.6) is 0 Å². The third kappa shape index (κ3) is 4.42. The van der Waals surface area contributed by atoms with Crippen molar-refractivity contribution in [2.24, 2.45) is 0 Å². The molecule has 0 saturated heterocycles. The lowest BCUT2D eigenvalue weighted by Crippen LogP contribution is -2.37. The van der Waals surface area contributed by atoms with E-state index in [0.29, 0.717) is 0 Å². The molecule has 25 heavy (non-hydrogen) atoms. The lowest BCUT2D eigenvalue weighted by Gasteiger charge is -2.25. The van der Waals surface area contributed by atoms with Crippen LogP contribution in [-0.4, -0.2) is 27.5 Å². The predicted octanol–water partition coefficient (Wildman–Crippen LogP) is 3.89. The third-order valence-electron chi connectivity index (χ3n) is 3.17. The summed E-state index contributed by atoms with van der Waals surface area (Å²) in [6, 6.07) is 8.62. The van der Waals surface area contributed by atoms with Crippen molar-refractivity contribution in [1.29, 1.82) is 0 Å². The van der Waals surface area contributed by atoms with Crippen molar-refractivity contribution >= 4 is 44.9 Å². The van der Waals surface area contributed by atoms with Crippen molar-refractivity contribution in [3.8, 4) is 0 Å². The van der Waals surface area contributed by atoms with E-state index in [9.17, 15) is 17.6 Å². The van der Waals surface area contributed by atoms with Gasteiger partial charge in [-0.25, -0.2) is 12.8 Å². The van der Waals surface area contributed by atoms with E-state index in [1.807, 2.05) is 0 Å². The largest absolute Gasteiger partial charge is 0.465 e. The topological polar surface area (TPSA) is 63.7 Å². The van der Waals surface area contributed by atoms with Gasteiger partial charge in [-0.05, 0) is 43.3 Å². The maximum absolute atomic E-state index is 13.1. The van der Waals surface area contributed by atoms with E-state index >= 15 is 0 Å². The van der Waals surface area contributed by atoms with Crippen LogP contribution in [0, 0.1) is 5.82 Å². The Balaban J connectivity index is 2.58. The average Bonchev–Trinajstić information content (AvgIpc) is 2.54. The number of anilines is 1. The van der Waals surface area contributed by atoms with Gasteiger partial charge in [0.15, 0.2) is 0 Å². The summed E-state index contributed by atoms with van der Waals surface area (Å²) in [7, 11) is -4.23. The van der Waals surface area contributed by atoms with E-state index in [0.717, 1.165) is 28.6 Å². The molecule has 0 aliphatic heterocycles. The number of sulfonamides is 1. The first kappa shape index (κ1) is 19.5.